The molecule has 4 heteroatoms. The van der Waals surface area contributed by atoms with Gasteiger partial charge in [0, 0.05) is 21.5 Å². The lowest BCUT2D eigenvalue weighted by Crippen LogP contribution is -1.98. The summed E-state index contributed by atoms with van der Waals surface area (Å²) in [7, 11) is 0. The minimum atomic E-state index is -0.494. The third kappa shape index (κ3) is 3.42. The van der Waals surface area contributed by atoms with Crippen molar-refractivity contribution in [2.45, 2.75) is 33.1 Å². The Kier molecular flexibility index (Phi) is 5.12. The molecular formula is C21H19Cl2NO. The first kappa shape index (κ1) is 17.9. The van der Waals surface area contributed by atoms with Gasteiger partial charge in [-0.2, -0.15) is 0 Å². The van der Waals surface area contributed by atoms with E-state index in [1.165, 1.54) is 5.56 Å². The topological polar surface area (TPSA) is 30.0 Å². The van der Waals surface area contributed by atoms with Crippen LogP contribution in [0.1, 0.15) is 47.7 Å². The summed E-state index contributed by atoms with van der Waals surface area (Å²) in [5, 5.41) is 0.853. The molecule has 0 amide bonds. The van der Waals surface area contributed by atoms with Crippen LogP contribution in [-0.4, -0.2) is 10.2 Å². The number of fused-ring (bicyclic) bond motifs is 1. The van der Waals surface area contributed by atoms with E-state index in [0.29, 0.717) is 22.0 Å². The van der Waals surface area contributed by atoms with E-state index in [4.69, 9.17) is 28.2 Å². The summed E-state index contributed by atoms with van der Waals surface area (Å²) in [6, 6.07) is 13.6. The summed E-state index contributed by atoms with van der Waals surface area (Å²) < 4.78 is 0. The van der Waals surface area contributed by atoms with Crippen LogP contribution < -0.4 is 0 Å². The second kappa shape index (κ2) is 7.15. The molecule has 1 atom stereocenters. The van der Waals surface area contributed by atoms with Gasteiger partial charge in [0.1, 0.15) is 0 Å². The number of hydrogen-bond donors (Lipinski definition) is 0. The van der Waals surface area contributed by atoms with E-state index >= 15 is 0 Å². The fraction of sp³-hybridized carbons (Fsp3) is 0.238. The van der Waals surface area contributed by atoms with Crippen molar-refractivity contribution < 1.29 is 4.79 Å². The molecule has 0 saturated heterocycles. The predicted molar refractivity (Wildman–Crippen MR) is 106 cm³/mol. The van der Waals surface area contributed by atoms with Crippen LogP contribution in [0, 0.1) is 6.92 Å². The monoisotopic (exact) mass is 371 g/mol. The van der Waals surface area contributed by atoms with Crippen molar-refractivity contribution in [2.24, 2.45) is 0 Å². The first-order chi connectivity index (χ1) is 11.9. The van der Waals surface area contributed by atoms with Gasteiger partial charge < -0.3 is 0 Å². The highest BCUT2D eigenvalue weighted by atomic mass is 35.5. The maximum atomic E-state index is 11.9. The third-order valence-electron chi connectivity index (χ3n) is 4.77. The highest BCUT2D eigenvalue weighted by molar-refractivity contribution is 6.68. The van der Waals surface area contributed by atoms with Crippen LogP contribution in [0.15, 0.2) is 42.5 Å². The number of aromatic nitrogens is 1. The number of aryl methyl sites for hydroxylation is 1. The van der Waals surface area contributed by atoms with Crippen molar-refractivity contribution in [1.82, 2.24) is 4.98 Å². The lowest BCUT2D eigenvalue weighted by atomic mass is 9.96. The average Bonchev–Trinajstić information content (AvgIpc) is 2.63. The zero-order valence-electron chi connectivity index (χ0n) is 14.4. The van der Waals surface area contributed by atoms with Gasteiger partial charge in [0.2, 0.25) is 0 Å². The number of carbonyl (C=O) groups excluding carboxylic acids is 1. The molecule has 3 rings (SSSR count). The van der Waals surface area contributed by atoms with Gasteiger partial charge in [-0.1, -0.05) is 55.8 Å². The second-order valence-corrected chi connectivity index (χ2v) is 7.08. The third-order valence-corrected chi connectivity index (χ3v) is 5.38. The number of hydrogen-bond acceptors (Lipinski definition) is 2. The lowest BCUT2D eigenvalue weighted by Gasteiger charge is -2.12. The standard InChI is InChI=1S/C21H19Cl2NO/c1-4-12(2)14-5-7-15(8-6-14)19-11-17(21(23)25)16-9-10-18(22)13(3)20(16)24-19/h5-12H,4H2,1-3H3. The van der Waals surface area contributed by atoms with Crippen molar-refractivity contribution in [3.05, 3.63) is 64.2 Å². The van der Waals surface area contributed by atoms with Gasteiger partial charge in [-0.05, 0) is 54.1 Å². The molecule has 1 heterocycles. The highest BCUT2D eigenvalue weighted by Gasteiger charge is 2.15. The summed E-state index contributed by atoms with van der Waals surface area (Å²) in [4.78, 5) is 16.7. The van der Waals surface area contributed by atoms with E-state index in [-0.39, 0.29) is 0 Å². The Bertz CT molecular complexity index is 948. The van der Waals surface area contributed by atoms with Crippen LogP contribution in [-0.2, 0) is 0 Å². The Morgan fingerprint density at radius 1 is 1.16 bits per heavy atom. The number of benzene rings is 2. The van der Waals surface area contributed by atoms with Crippen molar-refractivity contribution in [3.8, 4) is 11.3 Å². The Balaban J connectivity index is 2.19. The van der Waals surface area contributed by atoms with Gasteiger partial charge >= 0.3 is 0 Å². The van der Waals surface area contributed by atoms with E-state index in [1.54, 1.807) is 18.2 Å². The van der Waals surface area contributed by atoms with Crippen LogP contribution >= 0.6 is 23.2 Å². The molecule has 0 aliphatic rings. The molecule has 0 radical (unpaired) electrons. The molecule has 0 fully saturated rings. The van der Waals surface area contributed by atoms with Gasteiger partial charge in [-0.15, -0.1) is 0 Å². The fourth-order valence-corrected chi connectivity index (χ4v) is 3.24. The number of rotatable bonds is 4. The van der Waals surface area contributed by atoms with Gasteiger partial charge in [0.15, 0.2) is 0 Å². The smallest absolute Gasteiger partial charge is 0.253 e. The normalized spacial score (nSPS) is 12.4. The first-order valence-electron chi connectivity index (χ1n) is 8.32. The molecule has 2 nitrogen and oxygen atoms in total. The molecule has 0 N–H and O–H groups in total. The maximum absolute atomic E-state index is 11.9. The molecule has 2 aromatic carbocycles. The minimum absolute atomic E-state index is 0.451. The van der Waals surface area contributed by atoms with Gasteiger partial charge in [0.05, 0.1) is 11.2 Å². The fourth-order valence-electron chi connectivity index (χ4n) is 2.93. The van der Waals surface area contributed by atoms with Gasteiger partial charge in [-0.3, -0.25) is 4.79 Å². The van der Waals surface area contributed by atoms with E-state index in [0.717, 1.165) is 28.6 Å². The molecule has 0 saturated carbocycles. The van der Waals surface area contributed by atoms with Crippen LogP contribution in [0.2, 0.25) is 5.02 Å². The molecule has 128 valence electrons. The molecular weight excluding hydrogens is 353 g/mol. The summed E-state index contributed by atoms with van der Waals surface area (Å²) in [6.45, 7) is 6.28. The van der Waals surface area contributed by atoms with Crippen LogP contribution in [0.25, 0.3) is 22.2 Å². The molecule has 0 spiro atoms. The van der Waals surface area contributed by atoms with E-state index in [9.17, 15) is 4.79 Å². The molecule has 0 aliphatic heterocycles. The predicted octanol–water partition coefficient (Wildman–Crippen LogP) is 6.76. The second-order valence-electron chi connectivity index (χ2n) is 6.33. The summed E-state index contributed by atoms with van der Waals surface area (Å²) in [5.74, 6) is 0.514. The van der Waals surface area contributed by atoms with Gasteiger partial charge in [-0.25, -0.2) is 4.98 Å². The van der Waals surface area contributed by atoms with Crippen molar-refractivity contribution >= 4 is 39.3 Å². The average molecular weight is 372 g/mol. The van der Waals surface area contributed by atoms with Crippen molar-refractivity contribution in [1.29, 1.82) is 0 Å². The van der Waals surface area contributed by atoms with Gasteiger partial charge in [0.25, 0.3) is 5.24 Å². The molecule has 1 aromatic heterocycles. The SMILES string of the molecule is CCC(C)c1ccc(-c2cc(C(=O)Cl)c3ccc(Cl)c(C)c3n2)cc1. The van der Waals surface area contributed by atoms with Crippen LogP contribution in [0.4, 0.5) is 0 Å². The maximum Gasteiger partial charge on any atom is 0.253 e. The molecule has 25 heavy (non-hydrogen) atoms. The Labute approximate surface area is 157 Å². The highest BCUT2D eigenvalue weighted by Crippen LogP contribution is 2.31. The number of pyridine rings is 1. The van der Waals surface area contributed by atoms with Crippen molar-refractivity contribution in [2.75, 3.05) is 0 Å². The molecule has 0 bridgehead atoms. The Hall–Kier alpha value is -1.90. The largest absolute Gasteiger partial charge is 0.276 e. The molecule has 0 aliphatic carbocycles. The quantitative estimate of drug-likeness (QED) is 0.474. The molecule has 3 aromatic rings. The first-order valence-corrected chi connectivity index (χ1v) is 9.08. The summed E-state index contributed by atoms with van der Waals surface area (Å²) in [5.41, 5.74) is 4.97. The van der Waals surface area contributed by atoms with Crippen LogP contribution in [0.3, 0.4) is 0 Å². The summed E-state index contributed by atoms with van der Waals surface area (Å²) in [6.07, 6.45) is 1.09. The Morgan fingerprint density at radius 2 is 1.84 bits per heavy atom. The van der Waals surface area contributed by atoms with Crippen molar-refractivity contribution in [3.63, 3.8) is 0 Å². The Morgan fingerprint density at radius 3 is 2.44 bits per heavy atom. The van der Waals surface area contributed by atoms with E-state index in [1.807, 2.05) is 19.1 Å². The number of halogens is 2. The zero-order chi connectivity index (χ0) is 18.1. The number of carbonyl (C=O) groups is 1. The zero-order valence-corrected chi connectivity index (χ0v) is 15.9. The van der Waals surface area contributed by atoms with E-state index in [2.05, 4.69) is 26.0 Å². The summed E-state index contributed by atoms with van der Waals surface area (Å²) >= 11 is 12.1. The number of nitrogens with zero attached hydrogens (tertiary/aromatic N) is 1. The minimum Gasteiger partial charge on any atom is -0.276 e. The lowest BCUT2D eigenvalue weighted by molar-refractivity contribution is 0.108. The van der Waals surface area contributed by atoms with Crippen LogP contribution in [0.5, 0.6) is 0 Å². The molecule has 1 unspecified atom stereocenters. The van der Waals surface area contributed by atoms with E-state index < -0.39 is 5.24 Å².